The molecule has 4 nitrogen and oxygen atoms in total. The highest BCUT2D eigenvalue weighted by atomic mass is 16.5. The van der Waals surface area contributed by atoms with Crippen molar-refractivity contribution >= 4 is 5.91 Å². The van der Waals surface area contributed by atoms with E-state index in [1.165, 1.54) is 6.07 Å². The van der Waals surface area contributed by atoms with Gasteiger partial charge in [-0.2, -0.15) is 0 Å². The fourth-order valence-corrected chi connectivity index (χ4v) is 2.63. The molecule has 3 aromatic carbocycles. The molecule has 3 rings (SSSR count). The number of phenols is 1. The van der Waals surface area contributed by atoms with E-state index in [0.29, 0.717) is 19.8 Å². The maximum absolute atomic E-state index is 12.2. The molecule has 0 fully saturated rings. The quantitative estimate of drug-likeness (QED) is 0.678. The summed E-state index contributed by atoms with van der Waals surface area (Å²) in [6.45, 7) is 1.46. The Labute approximate surface area is 153 Å². The number of benzene rings is 3. The van der Waals surface area contributed by atoms with Gasteiger partial charge in [-0.25, -0.2) is 0 Å². The first kappa shape index (κ1) is 17.7. The molecule has 0 aliphatic rings. The van der Waals surface area contributed by atoms with Crippen molar-refractivity contribution in [1.82, 2.24) is 5.32 Å². The summed E-state index contributed by atoms with van der Waals surface area (Å²) in [6.07, 6.45) is 0. The number of rotatable bonds is 7. The van der Waals surface area contributed by atoms with Crippen molar-refractivity contribution in [3.05, 3.63) is 101 Å². The van der Waals surface area contributed by atoms with Crippen molar-refractivity contribution in [1.29, 1.82) is 0 Å². The van der Waals surface area contributed by atoms with E-state index in [1.807, 2.05) is 54.6 Å². The molecule has 0 spiro atoms. The van der Waals surface area contributed by atoms with Gasteiger partial charge in [0.1, 0.15) is 5.75 Å². The first-order valence-electron chi connectivity index (χ1n) is 8.48. The lowest BCUT2D eigenvalue weighted by atomic mass is 10.1. The third kappa shape index (κ3) is 4.94. The average Bonchev–Trinajstić information content (AvgIpc) is 2.68. The number of carbonyl (C=O) groups is 1. The van der Waals surface area contributed by atoms with E-state index >= 15 is 0 Å². The van der Waals surface area contributed by atoms with E-state index in [4.69, 9.17) is 4.74 Å². The van der Waals surface area contributed by atoms with Crippen LogP contribution in [0, 0.1) is 0 Å². The predicted molar refractivity (Wildman–Crippen MR) is 101 cm³/mol. The van der Waals surface area contributed by atoms with Gasteiger partial charge in [-0.15, -0.1) is 0 Å². The van der Waals surface area contributed by atoms with Gasteiger partial charge in [0, 0.05) is 6.54 Å². The van der Waals surface area contributed by atoms with Crippen molar-refractivity contribution in [3.63, 3.8) is 0 Å². The van der Waals surface area contributed by atoms with E-state index in [0.717, 1.165) is 16.7 Å². The van der Waals surface area contributed by atoms with Crippen LogP contribution in [0.1, 0.15) is 27.0 Å². The van der Waals surface area contributed by atoms with Gasteiger partial charge >= 0.3 is 0 Å². The maximum atomic E-state index is 12.2. The molecule has 0 atom stereocenters. The highest BCUT2D eigenvalue weighted by Crippen LogP contribution is 2.15. The normalized spacial score (nSPS) is 10.5. The molecule has 0 heterocycles. The lowest BCUT2D eigenvalue weighted by Gasteiger charge is -2.09. The first-order valence-corrected chi connectivity index (χ1v) is 8.48. The fourth-order valence-electron chi connectivity index (χ4n) is 2.63. The van der Waals surface area contributed by atoms with Crippen LogP contribution in [-0.2, 0) is 24.5 Å². The molecule has 0 saturated carbocycles. The van der Waals surface area contributed by atoms with Crippen LogP contribution >= 0.6 is 0 Å². The standard InChI is InChI=1S/C22H21NO3/c24-21-12-5-4-11-20(21)22(25)23-14-18-9-6-10-19(13-18)16-26-15-17-7-2-1-3-8-17/h1-13,24H,14-16H2,(H,23,25). The lowest BCUT2D eigenvalue weighted by molar-refractivity contribution is 0.0948. The van der Waals surface area contributed by atoms with Gasteiger partial charge in [-0.3, -0.25) is 4.79 Å². The number of aromatic hydroxyl groups is 1. The molecule has 3 aromatic rings. The van der Waals surface area contributed by atoms with Crippen molar-refractivity contribution in [3.8, 4) is 5.75 Å². The minimum atomic E-state index is -0.297. The molecule has 0 aromatic heterocycles. The molecule has 0 aliphatic carbocycles. The Hall–Kier alpha value is -3.11. The molecule has 0 aliphatic heterocycles. The van der Waals surface area contributed by atoms with E-state index in [9.17, 15) is 9.90 Å². The molecular formula is C22H21NO3. The summed E-state index contributed by atoms with van der Waals surface area (Å²) >= 11 is 0. The highest BCUT2D eigenvalue weighted by Gasteiger charge is 2.09. The number of carbonyl (C=O) groups excluding carboxylic acids is 1. The van der Waals surface area contributed by atoms with Crippen molar-refractivity contribution in [2.45, 2.75) is 19.8 Å². The Morgan fingerprint density at radius 3 is 2.27 bits per heavy atom. The van der Waals surface area contributed by atoms with Crippen LogP contribution in [0.15, 0.2) is 78.9 Å². The minimum absolute atomic E-state index is 0.0203. The van der Waals surface area contributed by atoms with Gasteiger partial charge in [0.2, 0.25) is 0 Å². The summed E-state index contributed by atoms with van der Waals surface area (Å²) in [5, 5.41) is 12.6. The summed E-state index contributed by atoms with van der Waals surface area (Å²) in [7, 11) is 0. The molecule has 1 amide bonds. The summed E-state index contributed by atoms with van der Waals surface area (Å²) < 4.78 is 5.75. The van der Waals surface area contributed by atoms with E-state index in [-0.39, 0.29) is 17.2 Å². The van der Waals surface area contributed by atoms with Crippen molar-refractivity contribution in [2.75, 3.05) is 0 Å². The van der Waals surface area contributed by atoms with E-state index < -0.39 is 0 Å². The lowest BCUT2D eigenvalue weighted by Crippen LogP contribution is -2.22. The number of amides is 1. The molecule has 26 heavy (non-hydrogen) atoms. The number of hydrogen-bond donors (Lipinski definition) is 2. The highest BCUT2D eigenvalue weighted by molar-refractivity contribution is 5.96. The average molecular weight is 347 g/mol. The number of nitrogens with one attached hydrogen (secondary N) is 1. The van der Waals surface area contributed by atoms with Gasteiger partial charge in [-0.1, -0.05) is 66.7 Å². The number of hydrogen-bond acceptors (Lipinski definition) is 3. The van der Waals surface area contributed by atoms with Crippen molar-refractivity contribution in [2.24, 2.45) is 0 Å². The van der Waals surface area contributed by atoms with Gasteiger partial charge < -0.3 is 15.2 Å². The topological polar surface area (TPSA) is 58.6 Å². The van der Waals surface area contributed by atoms with Gasteiger partial charge in [0.15, 0.2) is 0 Å². The monoisotopic (exact) mass is 347 g/mol. The zero-order chi connectivity index (χ0) is 18.2. The van der Waals surface area contributed by atoms with Crippen LogP contribution in [-0.4, -0.2) is 11.0 Å². The molecular weight excluding hydrogens is 326 g/mol. The Morgan fingerprint density at radius 2 is 1.46 bits per heavy atom. The number of para-hydroxylation sites is 1. The van der Waals surface area contributed by atoms with E-state index in [1.54, 1.807) is 18.2 Å². The van der Waals surface area contributed by atoms with Gasteiger partial charge in [0.05, 0.1) is 18.8 Å². The summed E-state index contributed by atoms with van der Waals surface area (Å²) in [5.74, 6) is -0.318. The second-order valence-corrected chi connectivity index (χ2v) is 6.00. The molecule has 0 unspecified atom stereocenters. The van der Waals surface area contributed by atoms with Crippen LogP contribution < -0.4 is 5.32 Å². The Balaban J connectivity index is 1.52. The molecule has 0 saturated heterocycles. The van der Waals surface area contributed by atoms with Crippen LogP contribution in [0.4, 0.5) is 0 Å². The zero-order valence-corrected chi connectivity index (χ0v) is 14.4. The number of ether oxygens (including phenoxy) is 1. The SMILES string of the molecule is O=C(NCc1cccc(COCc2ccccc2)c1)c1ccccc1O. The molecule has 0 radical (unpaired) electrons. The largest absolute Gasteiger partial charge is 0.507 e. The van der Waals surface area contributed by atoms with Crippen LogP contribution in [0.2, 0.25) is 0 Å². The summed E-state index contributed by atoms with van der Waals surface area (Å²) in [4.78, 5) is 12.2. The maximum Gasteiger partial charge on any atom is 0.255 e. The van der Waals surface area contributed by atoms with Crippen LogP contribution in [0.3, 0.4) is 0 Å². The fraction of sp³-hybridized carbons (Fsp3) is 0.136. The second kappa shape index (κ2) is 8.83. The van der Waals surface area contributed by atoms with Gasteiger partial charge in [0.25, 0.3) is 5.91 Å². The second-order valence-electron chi connectivity index (χ2n) is 6.00. The number of phenolic OH excluding ortho intramolecular Hbond substituents is 1. The smallest absolute Gasteiger partial charge is 0.255 e. The van der Waals surface area contributed by atoms with E-state index in [2.05, 4.69) is 5.32 Å². The Morgan fingerprint density at radius 1 is 0.808 bits per heavy atom. The first-order chi connectivity index (χ1) is 12.7. The third-order valence-electron chi connectivity index (χ3n) is 3.97. The molecule has 2 N–H and O–H groups in total. The molecule has 132 valence electrons. The summed E-state index contributed by atoms with van der Waals surface area (Å²) in [6, 6.07) is 24.4. The summed E-state index contributed by atoms with van der Waals surface area (Å²) in [5.41, 5.74) is 3.44. The third-order valence-corrected chi connectivity index (χ3v) is 3.97. The van der Waals surface area contributed by atoms with Crippen molar-refractivity contribution < 1.29 is 14.6 Å². The molecule has 0 bridgehead atoms. The van der Waals surface area contributed by atoms with Crippen LogP contribution in [0.25, 0.3) is 0 Å². The molecule has 4 heteroatoms. The Kier molecular flexibility index (Phi) is 6.01. The van der Waals surface area contributed by atoms with Crippen LogP contribution in [0.5, 0.6) is 5.75 Å². The minimum Gasteiger partial charge on any atom is -0.507 e. The van der Waals surface area contributed by atoms with Gasteiger partial charge in [-0.05, 0) is 28.8 Å². The Bertz CT molecular complexity index is 862. The predicted octanol–water partition coefficient (Wildman–Crippen LogP) is 4.04. The zero-order valence-electron chi connectivity index (χ0n) is 14.4.